The van der Waals surface area contributed by atoms with Gasteiger partial charge >= 0.3 is 0 Å². The summed E-state index contributed by atoms with van der Waals surface area (Å²) < 4.78 is 20.9. The molecule has 24 heavy (non-hydrogen) atoms. The SMILES string of the molecule is COc1cc(F)ccc1-c1ccc(=O)n(Cc2ccc(Br)cc2)n1. The summed E-state index contributed by atoms with van der Waals surface area (Å²) in [6.45, 7) is 0.351. The first-order chi connectivity index (χ1) is 11.6. The maximum absolute atomic E-state index is 13.4. The fourth-order valence-electron chi connectivity index (χ4n) is 2.35. The summed E-state index contributed by atoms with van der Waals surface area (Å²) in [5, 5.41) is 4.39. The number of halogens is 2. The van der Waals surface area contributed by atoms with Crippen molar-refractivity contribution < 1.29 is 9.13 Å². The summed E-state index contributed by atoms with van der Waals surface area (Å²) in [5.41, 5.74) is 1.92. The fraction of sp³-hybridized carbons (Fsp3) is 0.111. The smallest absolute Gasteiger partial charge is 0.267 e. The summed E-state index contributed by atoms with van der Waals surface area (Å²) in [7, 11) is 1.47. The zero-order valence-electron chi connectivity index (χ0n) is 12.9. The molecule has 0 unspecified atom stereocenters. The van der Waals surface area contributed by atoms with Crippen LogP contribution in [0.25, 0.3) is 11.3 Å². The van der Waals surface area contributed by atoms with Gasteiger partial charge in [0.25, 0.3) is 5.56 Å². The van der Waals surface area contributed by atoms with Crippen molar-refractivity contribution in [1.82, 2.24) is 9.78 Å². The third kappa shape index (κ3) is 3.54. The van der Waals surface area contributed by atoms with Gasteiger partial charge in [0.15, 0.2) is 0 Å². The van der Waals surface area contributed by atoms with Crippen LogP contribution in [0.2, 0.25) is 0 Å². The van der Waals surface area contributed by atoms with Gasteiger partial charge in [-0.05, 0) is 35.9 Å². The Labute approximate surface area is 146 Å². The lowest BCUT2D eigenvalue weighted by Gasteiger charge is -2.10. The van der Waals surface area contributed by atoms with Crippen LogP contribution >= 0.6 is 15.9 Å². The second kappa shape index (κ2) is 6.97. The Hall–Kier alpha value is -2.47. The van der Waals surface area contributed by atoms with Crippen LogP contribution in [0.4, 0.5) is 4.39 Å². The van der Waals surface area contributed by atoms with E-state index in [1.807, 2.05) is 24.3 Å². The summed E-state index contributed by atoms with van der Waals surface area (Å²) >= 11 is 3.38. The van der Waals surface area contributed by atoms with Crippen LogP contribution in [0.5, 0.6) is 5.75 Å². The molecule has 0 spiro atoms. The molecule has 0 saturated carbocycles. The molecule has 0 atom stereocenters. The van der Waals surface area contributed by atoms with E-state index >= 15 is 0 Å². The molecule has 122 valence electrons. The molecule has 0 amide bonds. The van der Waals surface area contributed by atoms with Crippen molar-refractivity contribution in [3.8, 4) is 17.0 Å². The lowest BCUT2D eigenvalue weighted by Crippen LogP contribution is -2.22. The Morgan fingerprint density at radius 2 is 1.88 bits per heavy atom. The van der Waals surface area contributed by atoms with Crippen molar-refractivity contribution in [3.05, 3.63) is 80.8 Å². The molecule has 0 aliphatic rings. The Kier molecular flexibility index (Phi) is 4.76. The highest BCUT2D eigenvalue weighted by atomic mass is 79.9. The van der Waals surface area contributed by atoms with Crippen LogP contribution in [0.1, 0.15) is 5.56 Å². The van der Waals surface area contributed by atoms with Crippen molar-refractivity contribution in [2.75, 3.05) is 7.11 Å². The van der Waals surface area contributed by atoms with E-state index in [0.29, 0.717) is 23.6 Å². The van der Waals surface area contributed by atoms with Crippen LogP contribution in [0.3, 0.4) is 0 Å². The van der Waals surface area contributed by atoms with Crippen LogP contribution < -0.4 is 10.3 Å². The van der Waals surface area contributed by atoms with Gasteiger partial charge in [0, 0.05) is 22.2 Å². The van der Waals surface area contributed by atoms with Gasteiger partial charge in [-0.2, -0.15) is 5.10 Å². The Morgan fingerprint density at radius 1 is 1.12 bits per heavy atom. The average molecular weight is 389 g/mol. The zero-order chi connectivity index (χ0) is 17.1. The quantitative estimate of drug-likeness (QED) is 0.681. The number of hydrogen-bond acceptors (Lipinski definition) is 3. The molecule has 2 aromatic carbocycles. The van der Waals surface area contributed by atoms with Gasteiger partial charge in [0.05, 0.1) is 19.3 Å². The monoisotopic (exact) mass is 388 g/mol. The summed E-state index contributed by atoms with van der Waals surface area (Å²) in [6.07, 6.45) is 0. The molecule has 0 fully saturated rings. The molecule has 0 aliphatic heterocycles. The van der Waals surface area contributed by atoms with E-state index in [-0.39, 0.29) is 5.56 Å². The second-order valence-electron chi connectivity index (χ2n) is 5.19. The van der Waals surface area contributed by atoms with Crippen molar-refractivity contribution >= 4 is 15.9 Å². The molecule has 6 heteroatoms. The van der Waals surface area contributed by atoms with E-state index in [0.717, 1.165) is 10.0 Å². The van der Waals surface area contributed by atoms with Gasteiger partial charge in [-0.25, -0.2) is 9.07 Å². The van der Waals surface area contributed by atoms with E-state index in [2.05, 4.69) is 21.0 Å². The normalized spacial score (nSPS) is 10.6. The molecule has 3 aromatic rings. The zero-order valence-corrected chi connectivity index (χ0v) is 14.5. The molecule has 0 aliphatic carbocycles. The molecule has 0 saturated heterocycles. The van der Waals surface area contributed by atoms with Crippen molar-refractivity contribution in [3.63, 3.8) is 0 Å². The molecule has 0 radical (unpaired) electrons. The number of methoxy groups -OCH3 is 1. The molecule has 4 nitrogen and oxygen atoms in total. The van der Waals surface area contributed by atoms with Crippen LogP contribution in [0.15, 0.2) is 63.9 Å². The second-order valence-corrected chi connectivity index (χ2v) is 6.10. The van der Waals surface area contributed by atoms with Crippen molar-refractivity contribution in [2.45, 2.75) is 6.54 Å². The topological polar surface area (TPSA) is 44.1 Å². The van der Waals surface area contributed by atoms with Gasteiger partial charge in [-0.1, -0.05) is 28.1 Å². The Balaban J connectivity index is 2.00. The molecular weight excluding hydrogens is 375 g/mol. The number of ether oxygens (including phenoxy) is 1. The number of hydrogen-bond donors (Lipinski definition) is 0. The predicted octanol–water partition coefficient (Wildman–Crippen LogP) is 3.87. The molecule has 0 N–H and O–H groups in total. The van der Waals surface area contributed by atoms with Crippen LogP contribution in [-0.2, 0) is 6.54 Å². The first kappa shape index (κ1) is 16.4. The minimum atomic E-state index is -0.390. The lowest BCUT2D eigenvalue weighted by atomic mass is 10.1. The van der Waals surface area contributed by atoms with E-state index in [1.54, 1.807) is 12.1 Å². The van der Waals surface area contributed by atoms with Crippen molar-refractivity contribution in [1.29, 1.82) is 0 Å². The average Bonchev–Trinajstić information content (AvgIpc) is 2.59. The first-order valence-corrected chi connectivity index (χ1v) is 8.02. The lowest BCUT2D eigenvalue weighted by molar-refractivity contribution is 0.412. The number of rotatable bonds is 4. The van der Waals surface area contributed by atoms with E-state index in [9.17, 15) is 9.18 Å². The standard InChI is InChI=1S/C18H14BrFN2O2/c1-24-17-10-14(20)6-7-15(17)16-8-9-18(23)22(21-16)11-12-2-4-13(19)5-3-12/h2-10H,11H2,1H3. The van der Waals surface area contributed by atoms with E-state index in [4.69, 9.17) is 4.74 Å². The Morgan fingerprint density at radius 3 is 2.58 bits per heavy atom. The number of aromatic nitrogens is 2. The highest BCUT2D eigenvalue weighted by Crippen LogP contribution is 2.28. The van der Waals surface area contributed by atoms with Crippen LogP contribution in [-0.4, -0.2) is 16.9 Å². The van der Waals surface area contributed by atoms with Gasteiger partial charge in [-0.3, -0.25) is 4.79 Å². The minimum absolute atomic E-state index is 0.206. The maximum atomic E-state index is 13.4. The van der Waals surface area contributed by atoms with Crippen LogP contribution in [0, 0.1) is 5.82 Å². The van der Waals surface area contributed by atoms with Gasteiger partial charge in [-0.15, -0.1) is 0 Å². The summed E-state index contributed by atoms with van der Waals surface area (Å²) in [4.78, 5) is 12.1. The minimum Gasteiger partial charge on any atom is -0.496 e. The first-order valence-electron chi connectivity index (χ1n) is 7.23. The van der Waals surface area contributed by atoms with E-state index in [1.165, 1.54) is 30.0 Å². The summed E-state index contributed by atoms with van der Waals surface area (Å²) in [6, 6.07) is 14.9. The molecule has 1 aromatic heterocycles. The van der Waals surface area contributed by atoms with Gasteiger partial charge in [0.2, 0.25) is 0 Å². The molecule has 0 bridgehead atoms. The van der Waals surface area contributed by atoms with Gasteiger partial charge < -0.3 is 4.74 Å². The van der Waals surface area contributed by atoms with Gasteiger partial charge in [0.1, 0.15) is 11.6 Å². The Bertz CT molecular complexity index is 923. The van der Waals surface area contributed by atoms with E-state index < -0.39 is 5.82 Å². The fourth-order valence-corrected chi connectivity index (χ4v) is 2.61. The molecule has 3 rings (SSSR count). The molecule has 1 heterocycles. The summed E-state index contributed by atoms with van der Waals surface area (Å²) in [5.74, 6) is -0.0184. The maximum Gasteiger partial charge on any atom is 0.267 e. The highest BCUT2D eigenvalue weighted by Gasteiger charge is 2.10. The third-order valence-electron chi connectivity index (χ3n) is 3.55. The third-order valence-corrected chi connectivity index (χ3v) is 4.08. The number of benzene rings is 2. The number of nitrogens with zero attached hydrogens (tertiary/aromatic N) is 2. The highest BCUT2D eigenvalue weighted by molar-refractivity contribution is 9.10. The predicted molar refractivity (Wildman–Crippen MR) is 93.7 cm³/mol. The van der Waals surface area contributed by atoms with Crippen molar-refractivity contribution in [2.24, 2.45) is 0 Å². The largest absolute Gasteiger partial charge is 0.496 e. The molecular formula is C18H14BrFN2O2.